The normalized spacial score (nSPS) is 14.3. The number of hydrogen-bond donors (Lipinski definition) is 0. The lowest BCUT2D eigenvalue weighted by molar-refractivity contribution is 0.0740. The third kappa shape index (κ3) is 3.41. The van der Waals surface area contributed by atoms with E-state index in [1.807, 2.05) is 4.90 Å². The molecule has 150 valence electrons. The summed E-state index contributed by atoms with van der Waals surface area (Å²) in [7, 11) is 3.08. The van der Waals surface area contributed by atoms with Crippen LogP contribution in [0.3, 0.4) is 0 Å². The molecule has 0 aliphatic carbocycles. The van der Waals surface area contributed by atoms with Gasteiger partial charge in [0, 0.05) is 44.7 Å². The minimum atomic E-state index is -0.323. The van der Waals surface area contributed by atoms with E-state index in [-0.39, 0.29) is 23.0 Å². The molecule has 0 atom stereocenters. The molecule has 1 saturated heterocycles. The fourth-order valence-electron chi connectivity index (χ4n) is 3.62. The van der Waals surface area contributed by atoms with Gasteiger partial charge in [0.2, 0.25) is 0 Å². The van der Waals surface area contributed by atoms with Crippen molar-refractivity contribution in [1.29, 1.82) is 0 Å². The summed E-state index contributed by atoms with van der Waals surface area (Å²) in [5.41, 5.74) is 0.473. The van der Waals surface area contributed by atoms with Crippen LogP contribution in [0.25, 0.3) is 10.8 Å². The molecule has 4 rings (SSSR count). The Hall–Kier alpha value is -3.42. The second-order valence-electron chi connectivity index (χ2n) is 6.92. The van der Waals surface area contributed by atoms with Gasteiger partial charge < -0.3 is 14.5 Å². The number of piperazine rings is 1. The van der Waals surface area contributed by atoms with E-state index >= 15 is 0 Å². The standard InChI is InChI=1S/C21H21FN4O3/c1-24-20(27)16-6-4-3-5-15(16)19(23-24)21(28)26-11-9-25(10-12-26)18-13-14(29-2)7-8-17(18)22/h3-8,13H,9-12H2,1-2H3. The molecule has 8 heteroatoms. The van der Waals surface area contributed by atoms with Crippen LogP contribution < -0.4 is 15.2 Å². The van der Waals surface area contributed by atoms with Crippen LogP contribution in [0.15, 0.2) is 47.3 Å². The summed E-state index contributed by atoms with van der Waals surface area (Å²) in [6, 6.07) is 11.6. The molecule has 29 heavy (non-hydrogen) atoms. The van der Waals surface area contributed by atoms with Crippen LogP contribution in [0, 0.1) is 5.82 Å². The predicted molar refractivity (Wildman–Crippen MR) is 108 cm³/mol. The molecule has 3 aromatic rings. The van der Waals surface area contributed by atoms with E-state index in [9.17, 15) is 14.0 Å². The molecule has 1 aromatic heterocycles. The van der Waals surface area contributed by atoms with Crippen LogP contribution >= 0.6 is 0 Å². The molecule has 1 amide bonds. The molecule has 0 spiro atoms. The summed E-state index contributed by atoms with van der Waals surface area (Å²) in [6.45, 7) is 1.82. The number of aryl methyl sites for hydroxylation is 1. The Labute approximate surface area is 166 Å². The number of anilines is 1. The number of carbonyl (C=O) groups is 1. The van der Waals surface area contributed by atoms with Crippen molar-refractivity contribution in [3.8, 4) is 5.75 Å². The Morgan fingerprint density at radius 1 is 1.07 bits per heavy atom. The first kappa shape index (κ1) is 18.9. The van der Waals surface area contributed by atoms with Gasteiger partial charge in [0.25, 0.3) is 11.5 Å². The number of rotatable bonds is 3. The quantitative estimate of drug-likeness (QED) is 0.678. The number of halogens is 1. The van der Waals surface area contributed by atoms with Crippen molar-refractivity contribution >= 4 is 22.4 Å². The van der Waals surface area contributed by atoms with Crippen molar-refractivity contribution in [2.45, 2.75) is 0 Å². The molecule has 1 aliphatic rings. The minimum Gasteiger partial charge on any atom is -0.497 e. The summed E-state index contributed by atoms with van der Waals surface area (Å²) in [4.78, 5) is 29.0. The van der Waals surface area contributed by atoms with Gasteiger partial charge in [-0.05, 0) is 18.2 Å². The van der Waals surface area contributed by atoms with Crippen LogP contribution in [0.4, 0.5) is 10.1 Å². The number of benzene rings is 2. The van der Waals surface area contributed by atoms with E-state index in [1.54, 1.807) is 41.3 Å². The Morgan fingerprint density at radius 3 is 2.45 bits per heavy atom. The van der Waals surface area contributed by atoms with Gasteiger partial charge in [-0.25, -0.2) is 9.07 Å². The van der Waals surface area contributed by atoms with Crippen molar-refractivity contribution < 1.29 is 13.9 Å². The molecule has 0 radical (unpaired) electrons. The third-order valence-electron chi connectivity index (χ3n) is 5.22. The van der Waals surface area contributed by atoms with Gasteiger partial charge in [-0.3, -0.25) is 9.59 Å². The van der Waals surface area contributed by atoms with E-state index in [1.165, 1.54) is 24.9 Å². The molecular formula is C21H21FN4O3. The SMILES string of the molecule is COc1ccc(F)c(N2CCN(C(=O)c3nn(C)c(=O)c4ccccc34)CC2)c1. The Bertz CT molecular complexity index is 1140. The highest BCUT2D eigenvalue weighted by Crippen LogP contribution is 2.26. The Morgan fingerprint density at radius 2 is 1.76 bits per heavy atom. The topological polar surface area (TPSA) is 67.7 Å². The van der Waals surface area contributed by atoms with Crippen molar-refractivity contribution in [2.24, 2.45) is 7.05 Å². The lowest BCUT2D eigenvalue weighted by atomic mass is 10.1. The maximum atomic E-state index is 14.2. The summed E-state index contributed by atoms with van der Waals surface area (Å²) in [5.74, 6) is 0.0274. The number of fused-ring (bicyclic) bond motifs is 1. The highest BCUT2D eigenvalue weighted by Gasteiger charge is 2.26. The molecule has 0 saturated carbocycles. The number of ether oxygens (including phenoxy) is 1. The molecule has 0 N–H and O–H groups in total. The van der Waals surface area contributed by atoms with Gasteiger partial charge in [-0.1, -0.05) is 18.2 Å². The van der Waals surface area contributed by atoms with Gasteiger partial charge in [-0.2, -0.15) is 5.10 Å². The summed E-state index contributed by atoms with van der Waals surface area (Å²) >= 11 is 0. The van der Waals surface area contributed by atoms with Gasteiger partial charge in [0.1, 0.15) is 11.6 Å². The number of nitrogens with zero attached hydrogens (tertiary/aromatic N) is 4. The second-order valence-corrected chi connectivity index (χ2v) is 6.92. The monoisotopic (exact) mass is 396 g/mol. The predicted octanol–water partition coefficient (Wildman–Crippen LogP) is 2.04. The Kier molecular flexibility index (Phi) is 4.92. The first-order valence-corrected chi connectivity index (χ1v) is 9.33. The van der Waals surface area contributed by atoms with Crippen LogP contribution in [-0.2, 0) is 7.05 Å². The first-order valence-electron chi connectivity index (χ1n) is 9.33. The zero-order chi connectivity index (χ0) is 20.5. The highest BCUT2D eigenvalue weighted by atomic mass is 19.1. The largest absolute Gasteiger partial charge is 0.497 e. The fraction of sp³-hybridized carbons (Fsp3) is 0.286. The van der Waals surface area contributed by atoms with Crippen molar-refractivity contribution in [3.05, 3.63) is 64.3 Å². The van der Waals surface area contributed by atoms with Crippen molar-refractivity contribution in [1.82, 2.24) is 14.7 Å². The number of carbonyl (C=O) groups excluding carboxylic acids is 1. The zero-order valence-electron chi connectivity index (χ0n) is 16.3. The maximum Gasteiger partial charge on any atom is 0.275 e. The van der Waals surface area contributed by atoms with Crippen LogP contribution in [0.2, 0.25) is 0 Å². The van der Waals surface area contributed by atoms with Crippen molar-refractivity contribution in [2.75, 3.05) is 38.2 Å². The van der Waals surface area contributed by atoms with E-state index < -0.39 is 0 Å². The average Bonchev–Trinajstić information content (AvgIpc) is 2.76. The van der Waals surface area contributed by atoms with E-state index in [2.05, 4.69) is 5.10 Å². The van der Waals surface area contributed by atoms with Crippen molar-refractivity contribution in [3.63, 3.8) is 0 Å². The summed E-state index contributed by atoms with van der Waals surface area (Å²) in [5, 5.41) is 5.22. The van der Waals surface area contributed by atoms with E-state index in [4.69, 9.17) is 4.74 Å². The maximum absolute atomic E-state index is 14.2. The second kappa shape index (κ2) is 7.54. The van der Waals surface area contributed by atoms with Gasteiger partial charge >= 0.3 is 0 Å². The van der Waals surface area contributed by atoms with Gasteiger partial charge in [-0.15, -0.1) is 0 Å². The molecule has 2 aromatic carbocycles. The first-order chi connectivity index (χ1) is 14.0. The zero-order valence-corrected chi connectivity index (χ0v) is 16.3. The lowest BCUT2D eigenvalue weighted by Crippen LogP contribution is -2.49. The van der Waals surface area contributed by atoms with Gasteiger partial charge in [0.05, 0.1) is 18.2 Å². The van der Waals surface area contributed by atoms with Gasteiger partial charge in [0.15, 0.2) is 5.69 Å². The van der Waals surface area contributed by atoms with Crippen LogP contribution in [0.5, 0.6) is 5.75 Å². The summed E-state index contributed by atoms with van der Waals surface area (Å²) < 4.78 is 20.6. The molecular weight excluding hydrogens is 375 g/mol. The lowest BCUT2D eigenvalue weighted by Gasteiger charge is -2.36. The number of hydrogen-bond acceptors (Lipinski definition) is 5. The Balaban J connectivity index is 1.57. The molecule has 2 heterocycles. The number of methoxy groups -OCH3 is 1. The molecule has 1 fully saturated rings. The van der Waals surface area contributed by atoms with Crippen LogP contribution in [-0.4, -0.2) is 53.9 Å². The molecule has 7 nitrogen and oxygen atoms in total. The third-order valence-corrected chi connectivity index (χ3v) is 5.22. The average molecular weight is 396 g/mol. The van der Waals surface area contributed by atoms with Crippen LogP contribution in [0.1, 0.15) is 10.5 Å². The highest BCUT2D eigenvalue weighted by molar-refractivity contribution is 6.04. The molecule has 0 unspecified atom stereocenters. The smallest absolute Gasteiger partial charge is 0.275 e. The fourth-order valence-corrected chi connectivity index (χ4v) is 3.62. The van der Waals surface area contributed by atoms with E-state index in [0.717, 1.165) is 0 Å². The molecule has 0 bridgehead atoms. The minimum absolute atomic E-state index is 0.234. The van der Waals surface area contributed by atoms with E-state index in [0.29, 0.717) is 48.4 Å². The number of amides is 1. The number of aromatic nitrogens is 2. The molecule has 1 aliphatic heterocycles. The summed E-state index contributed by atoms with van der Waals surface area (Å²) in [6.07, 6.45) is 0.